The zero-order valence-corrected chi connectivity index (χ0v) is 15.5. The first-order valence-electron chi connectivity index (χ1n) is 9.10. The fourth-order valence-corrected chi connectivity index (χ4v) is 3.98. The maximum absolute atomic E-state index is 12.7. The van der Waals surface area contributed by atoms with Crippen LogP contribution in [0.4, 0.5) is 0 Å². The fourth-order valence-electron chi connectivity index (χ4n) is 3.98. The summed E-state index contributed by atoms with van der Waals surface area (Å²) in [6, 6.07) is 3.04. The lowest BCUT2D eigenvalue weighted by Gasteiger charge is -2.47. The largest absolute Gasteiger partial charge is 0.448 e. The molecule has 8 nitrogen and oxygen atoms in total. The summed E-state index contributed by atoms with van der Waals surface area (Å²) in [6.45, 7) is 4.39. The van der Waals surface area contributed by atoms with Crippen molar-refractivity contribution in [1.82, 2.24) is 19.4 Å². The van der Waals surface area contributed by atoms with Crippen LogP contribution in [-0.2, 0) is 13.5 Å². The Hall–Kier alpha value is -2.90. The van der Waals surface area contributed by atoms with Crippen LogP contribution < -0.4 is 5.56 Å². The van der Waals surface area contributed by atoms with Crippen LogP contribution in [0.2, 0.25) is 0 Å². The molecule has 2 aromatic rings. The molecular weight excluding hydrogens is 348 g/mol. The molecule has 2 aliphatic rings. The summed E-state index contributed by atoms with van der Waals surface area (Å²) in [4.78, 5) is 44.7. The van der Waals surface area contributed by atoms with E-state index < -0.39 is 0 Å². The molecule has 0 unspecified atom stereocenters. The Balaban J connectivity index is 1.40. The van der Waals surface area contributed by atoms with Crippen LogP contribution in [0.25, 0.3) is 0 Å². The molecule has 2 aromatic heterocycles. The standard InChI is InChI=1S/C19H22N4O4/c1-3-14-16(20-12-27-14)18(26)23-10-19(11-23)5-7-22(9-19)17(25)13-4-6-21(2)15(24)8-13/h4,6,8,12H,3,5,7,9-11H2,1-2H3. The number of aryl methyl sites for hydroxylation is 2. The number of aromatic nitrogens is 2. The highest BCUT2D eigenvalue weighted by atomic mass is 16.3. The van der Waals surface area contributed by atoms with E-state index >= 15 is 0 Å². The smallest absolute Gasteiger partial charge is 0.276 e. The number of nitrogens with zero attached hydrogens (tertiary/aromatic N) is 4. The van der Waals surface area contributed by atoms with E-state index in [2.05, 4.69) is 4.98 Å². The Kier molecular flexibility index (Phi) is 4.13. The Morgan fingerprint density at radius 1 is 1.22 bits per heavy atom. The van der Waals surface area contributed by atoms with Gasteiger partial charge in [-0.25, -0.2) is 4.98 Å². The van der Waals surface area contributed by atoms with Crippen molar-refractivity contribution >= 4 is 11.8 Å². The van der Waals surface area contributed by atoms with Crippen LogP contribution in [0.5, 0.6) is 0 Å². The molecule has 27 heavy (non-hydrogen) atoms. The third kappa shape index (κ3) is 2.94. The van der Waals surface area contributed by atoms with Crippen molar-refractivity contribution in [2.75, 3.05) is 26.2 Å². The predicted octanol–water partition coefficient (Wildman–Crippen LogP) is 0.924. The average Bonchev–Trinajstić information content (AvgIpc) is 3.28. The van der Waals surface area contributed by atoms with Crippen molar-refractivity contribution < 1.29 is 14.0 Å². The van der Waals surface area contributed by atoms with Gasteiger partial charge in [-0.1, -0.05) is 6.92 Å². The van der Waals surface area contributed by atoms with Gasteiger partial charge in [-0.3, -0.25) is 14.4 Å². The first-order valence-corrected chi connectivity index (χ1v) is 9.10. The normalized spacial score (nSPS) is 18.0. The minimum atomic E-state index is -0.200. The summed E-state index contributed by atoms with van der Waals surface area (Å²) in [5, 5.41) is 0. The van der Waals surface area contributed by atoms with Gasteiger partial charge in [-0.15, -0.1) is 0 Å². The molecule has 0 saturated carbocycles. The van der Waals surface area contributed by atoms with Gasteiger partial charge in [0.1, 0.15) is 5.76 Å². The van der Waals surface area contributed by atoms with Crippen LogP contribution in [0.15, 0.2) is 33.9 Å². The van der Waals surface area contributed by atoms with Crippen LogP contribution in [0.1, 0.15) is 40.0 Å². The molecule has 4 rings (SSSR count). The molecule has 0 radical (unpaired) electrons. The van der Waals surface area contributed by atoms with Gasteiger partial charge >= 0.3 is 0 Å². The Bertz CT molecular complexity index is 955. The Labute approximate surface area is 156 Å². The highest BCUT2D eigenvalue weighted by Gasteiger charge is 2.50. The van der Waals surface area contributed by atoms with Crippen LogP contribution >= 0.6 is 0 Å². The molecule has 2 fully saturated rings. The predicted molar refractivity (Wildman–Crippen MR) is 96.4 cm³/mol. The molecular formula is C19H22N4O4. The number of likely N-dealkylation sites (tertiary alicyclic amines) is 2. The summed E-state index contributed by atoms with van der Waals surface area (Å²) in [6.07, 6.45) is 4.39. The topological polar surface area (TPSA) is 88.7 Å². The molecule has 2 aliphatic heterocycles. The third-order valence-electron chi connectivity index (χ3n) is 5.58. The van der Waals surface area contributed by atoms with Gasteiger partial charge in [0.25, 0.3) is 17.4 Å². The number of amides is 2. The fraction of sp³-hybridized carbons (Fsp3) is 0.474. The van der Waals surface area contributed by atoms with Gasteiger partial charge in [0.05, 0.1) is 0 Å². The summed E-state index contributed by atoms with van der Waals surface area (Å²) in [7, 11) is 1.65. The monoisotopic (exact) mass is 370 g/mol. The van der Waals surface area contributed by atoms with Crippen LogP contribution in [-0.4, -0.2) is 57.3 Å². The van der Waals surface area contributed by atoms with Crippen molar-refractivity contribution in [2.45, 2.75) is 19.8 Å². The van der Waals surface area contributed by atoms with E-state index in [0.717, 1.165) is 6.42 Å². The van der Waals surface area contributed by atoms with Crippen LogP contribution in [0.3, 0.4) is 0 Å². The molecule has 0 aliphatic carbocycles. The lowest BCUT2D eigenvalue weighted by Crippen LogP contribution is -2.59. The summed E-state index contributed by atoms with van der Waals surface area (Å²) in [5.41, 5.74) is 0.548. The van der Waals surface area contributed by atoms with Gasteiger partial charge in [-0.05, 0) is 12.5 Å². The molecule has 1 spiro atoms. The number of hydrogen-bond acceptors (Lipinski definition) is 5. The summed E-state index contributed by atoms with van der Waals surface area (Å²) >= 11 is 0. The molecule has 0 N–H and O–H groups in total. The van der Waals surface area contributed by atoms with Crippen molar-refractivity contribution in [2.24, 2.45) is 12.5 Å². The van der Waals surface area contributed by atoms with Gasteiger partial charge in [0.2, 0.25) is 0 Å². The van der Waals surface area contributed by atoms with E-state index in [1.807, 2.05) is 6.92 Å². The molecule has 2 amide bonds. The summed E-state index contributed by atoms with van der Waals surface area (Å²) < 4.78 is 6.68. The molecule has 0 atom stereocenters. The third-order valence-corrected chi connectivity index (χ3v) is 5.58. The lowest BCUT2D eigenvalue weighted by molar-refractivity contribution is 0.0104. The molecule has 142 valence electrons. The average molecular weight is 370 g/mol. The maximum atomic E-state index is 12.7. The lowest BCUT2D eigenvalue weighted by atomic mass is 9.79. The molecule has 4 heterocycles. The second kappa shape index (κ2) is 6.37. The van der Waals surface area contributed by atoms with Gasteiger partial charge in [0, 0.05) is 62.9 Å². The molecule has 8 heteroatoms. The van der Waals surface area contributed by atoms with E-state index in [4.69, 9.17) is 4.42 Å². The van der Waals surface area contributed by atoms with E-state index in [0.29, 0.717) is 49.6 Å². The first-order chi connectivity index (χ1) is 12.9. The van der Waals surface area contributed by atoms with Crippen molar-refractivity contribution in [3.63, 3.8) is 0 Å². The van der Waals surface area contributed by atoms with Crippen LogP contribution in [0, 0.1) is 5.41 Å². The number of oxazole rings is 1. The van der Waals surface area contributed by atoms with E-state index in [-0.39, 0.29) is 22.8 Å². The van der Waals surface area contributed by atoms with Gasteiger partial charge in [0.15, 0.2) is 12.1 Å². The van der Waals surface area contributed by atoms with Crippen molar-refractivity contribution in [3.8, 4) is 0 Å². The molecule has 2 saturated heterocycles. The number of pyridine rings is 1. The summed E-state index contributed by atoms with van der Waals surface area (Å²) in [5.74, 6) is 0.372. The van der Waals surface area contributed by atoms with Crippen molar-refractivity contribution in [1.29, 1.82) is 0 Å². The van der Waals surface area contributed by atoms with E-state index in [1.165, 1.54) is 17.0 Å². The van der Waals surface area contributed by atoms with Crippen molar-refractivity contribution in [3.05, 3.63) is 52.1 Å². The molecule has 0 aromatic carbocycles. The maximum Gasteiger partial charge on any atom is 0.276 e. The highest BCUT2D eigenvalue weighted by Crippen LogP contribution is 2.40. The SMILES string of the molecule is CCc1ocnc1C(=O)N1CC2(CCN(C(=O)c3ccn(C)c(=O)c3)C2)C1. The minimum absolute atomic E-state index is 0.0544. The second-order valence-corrected chi connectivity index (χ2v) is 7.48. The quantitative estimate of drug-likeness (QED) is 0.802. The van der Waals surface area contributed by atoms with Gasteiger partial charge < -0.3 is 18.8 Å². The number of carbonyl (C=O) groups excluding carboxylic acids is 2. The van der Waals surface area contributed by atoms with E-state index in [1.54, 1.807) is 29.1 Å². The zero-order valence-electron chi connectivity index (χ0n) is 15.5. The highest BCUT2D eigenvalue weighted by molar-refractivity contribution is 5.95. The van der Waals surface area contributed by atoms with E-state index in [9.17, 15) is 14.4 Å². The Morgan fingerprint density at radius 3 is 2.67 bits per heavy atom. The zero-order chi connectivity index (χ0) is 19.2. The Morgan fingerprint density at radius 2 is 1.96 bits per heavy atom. The number of hydrogen-bond donors (Lipinski definition) is 0. The number of rotatable bonds is 3. The number of carbonyl (C=O) groups is 2. The minimum Gasteiger partial charge on any atom is -0.448 e. The van der Waals surface area contributed by atoms with Gasteiger partial charge in [-0.2, -0.15) is 0 Å². The molecule has 0 bridgehead atoms. The second-order valence-electron chi connectivity index (χ2n) is 7.48. The first kappa shape index (κ1) is 17.5.